The van der Waals surface area contributed by atoms with Crippen LogP contribution in [0.3, 0.4) is 0 Å². The second kappa shape index (κ2) is 5.57. The molecule has 0 fully saturated rings. The number of aryl methyl sites for hydroxylation is 1. The maximum atomic E-state index is 13.8. The van der Waals surface area contributed by atoms with Gasteiger partial charge in [0.1, 0.15) is 0 Å². The molecule has 0 aromatic heterocycles. The Morgan fingerprint density at radius 2 is 1.62 bits per heavy atom. The maximum Gasteiger partial charge on any atom is 0.172 e. The average molecular weight is 280 g/mol. The number of phenolic OH excluding ortho intramolecular Hbond substituents is 1. The molecule has 0 bridgehead atoms. The maximum absolute atomic E-state index is 13.8. The quantitative estimate of drug-likeness (QED) is 0.690. The number of hydrogen-bond donors (Lipinski definition) is 1. The van der Waals surface area contributed by atoms with Gasteiger partial charge in [0, 0.05) is 5.39 Å². The minimum Gasteiger partial charge on any atom is -0.505 e. The molecular weight excluding hydrogens is 263 g/mol. The van der Waals surface area contributed by atoms with Gasteiger partial charge in [-0.15, -0.1) is 0 Å². The highest BCUT2D eigenvalue weighted by atomic mass is 19.1. The monoisotopic (exact) mass is 280 g/mol. The van der Waals surface area contributed by atoms with Crippen molar-refractivity contribution in [3.63, 3.8) is 0 Å². The van der Waals surface area contributed by atoms with E-state index < -0.39 is 5.82 Å². The topological polar surface area (TPSA) is 20.2 Å². The first-order valence-corrected chi connectivity index (χ1v) is 7.19. The van der Waals surface area contributed by atoms with Crippen LogP contribution in [-0.2, 0) is 6.42 Å². The Labute approximate surface area is 123 Å². The molecule has 2 heteroatoms. The van der Waals surface area contributed by atoms with E-state index in [4.69, 9.17) is 0 Å². The van der Waals surface area contributed by atoms with Gasteiger partial charge < -0.3 is 5.11 Å². The number of hydrogen-bond acceptors (Lipinski definition) is 1. The molecule has 21 heavy (non-hydrogen) atoms. The van der Waals surface area contributed by atoms with Gasteiger partial charge in [-0.3, -0.25) is 0 Å². The van der Waals surface area contributed by atoms with Crippen LogP contribution < -0.4 is 0 Å². The Morgan fingerprint density at radius 1 is 0.905 bits per heavy atom. The molecular formula is C19H17FO. The number of halogens is 1. The summed E-state index contributed by atoms with van der Waals surface area (Å²) in [6.07, 6.45) is 2.22. The zero-order valence-electron chi connectivity index (χ0n) is 11.9. The highest BCUT2D eigenvalue weighted by Crippen LogP contribution is 2.29. The normalized spacial score (nSPS) is 11.0. The zero-order valence-corrected chi connectivity index (χ0v) is 11.9. The van der Waals surface area contributed by atoms with Gasteiger partial charge in [0.05, 0.1) is 0 Å². The van der Waals surface area contributed by atoms with Crippen LogP contribution in [0, 0.1) is 5.82 Å². The number of aromatic hydroxyl groups is 1. The van der Waals surface area contributed by atoms with E-state index >= 15 is 0 Å². The molecule has 0 spiro atoms. The molecule has 1 N–H and O–H groups in total. The summed E-state index contributed by atoms with van der Waals surface area (Å²) < 4.78 is 13.8. The second-order valence-corrected chi connectivity index (χ2v) is 5.28. The molecule has 3 aromatic carbocycles. The average Bonchev–Trinajstić information content (AvgIpc) is 2.52. The van der Waals surface area contributed by atoms with E-state index in [1.54, 1.807) is 12.1 Å². The Bertz CT molecular complexity index is 775. The fourth-order valence-corrected chi connectivity index (χ4v) is 2.61. The first-order chi connectivity index (χ1) is 10.2. The Kier molecular flexibility index (Phi) is 3.61. The lowest BCUT2D eigenvalue weighted by atomic mass is 9.99. The van der Waals surface area contributed by atoms with Crippen LogP contribution in [0.25, 0.3) is 21.9 Å². The van der Waals surface area contributed by atoms with Gasteiger partial charge in [-0.1, -0.05) is 55.8 Å². The van der Waals surface area contributed by atoms with Gasteiger partial charge in [-0.2, -0.15) is 0 Å². The highest BCUT2D eigenvalue weighted by Gasteiger charge is 2.07. The fourth-order valence-electron chi connectivity index (χ4n) is 2.61. The molecule has 0 aliphatic carbocycles. The van der Waals surface area contributed by atoms with Crippen LogP contribution in [-0.4, -0.2) is 5.11 Å². The van der Waals surface area contributed by atoms with Gasteiger partial charge in [0.2, 0.25) is 0 Å². The van der Waals surface area contributed by atoms with Gasteiger partial charge >= 0.3 is 0 Å². The first kappa shape index (κ1) is 13.6. The zero-order chi connectivity index (χ0) is 14.8. The Balaban J connectivity index is 2.02. The highest BCUT2D eigenvalue weighted by molar-refractivity contribution is 5.88. The summed E-state index contributed by atoms with van der Waals surface area (Å²) in [6.45, 7) is 2.17. The lowest BCUT2D eigenvalue weighted by Gasteiger charge is -2.07. The van der Waals surface area contributed by atoms with E-state index in [9.17, 15) is 9.50 Å². The first-order valence-electron chi connectivity index (χ1n) is 7.19. The van der Waals surface area contributed by atoms with Crippen molar-refractivity contribution in [3.8, 4) is 16.9 Å². The molecule has 0 amide bonds. The van der Waals surface area contributed by atoms with Crippen LogP contribution in [0.1, 0.15) is 18.9 Å². The molecule has 0 saturated heterocycles. The SMILES string of the molecule is CCCc1ccc(-c2ccc3c(F)c(O)ccc3c2)cc1. The predicted octanol–water partition coefficient (Wildman–Crippen LogP) is 5.30. The van der Waals surface area contributed by atoms with Crippen molar-refractivity contribution in [2.24, 2.45) is 0 Å². The molecule has 3 aromatic rings. The molecule has 0 radical (unpaired) electrons. The predicted molar refractivity (Wildman–Crippen MR) is 85.0 cm³/mol. The molecule has 106 valence electrons. The van der Waals surface area contributed by atoms with Crippen molar-refractivity contribution in [1.82, 2.24) is 0 Å². The molecule has 0 saturated carbocycles. The minimum absolute atomic E-state index is 0.306. The second-order valence-electron chi connectivity index (χ2n) is 5.28. The summed E-state index contributed by atoms with van der Waals surface area (Å²) in [5, 5.41) is 10.6. The number of fused-ring (bicyclic) bond motifs is 1. The van der Waals surface area contributed by atoms with E-state index in [0.29, 0.717) is 5.39 Å². The van der Waals surface area contributed by atoms with Crippen molar-refractivity contribution in [2.45, 2.75) is 19.8 Å². The molecule has 0 heterocycles. The van der Waals surface area contributed by atoms with E-state index in [1.807, 2.05) is 12.1 Å². The third kappa shape index (κ3) is 2.62. The minimum atomic E-state index is -0.558. The van der Waals surface area contributed by atoms with E-state index in [2.05, 4.69) is 31.2 Å². The van der Waals surface area contributed by atoms with Gasteiger partial charge in [0.25, 0.3) is 0 Å². The third-order valence-corrected chi connectivity index (χ3v) is 3.76. The molecule has 0 unspecified atom stereocenters. The van der Waals surface area contributed by atoms with Crippen LogP contribution in [0.15, 0.2) is 54.6 Å². The summed E-state index contributed by atoms with van der Waals surface area (Å²) >= 11 is 0. The lowest BCUT2D eigenvalue weighted by Crippen LogP contribution is -1.85. The van der Waals surface area contributed by atoms with Crippen molar-refractivity contribution in [1.29, 1.82) is 0 Å². The number of benzene rings is 3. The molecule has 3 rings (SSSR count). The summed E-state index contributed by atoms with van der Waals surface area (Å²) in [5.74, 6) is -0.864. The van der Waals surface area contributed by atoms with E-state index in [-0.39, 0.29) is 5.75 Å². The van der Waals surface area contributed by atoms with Gasteiger partial charge in [-0.25, -0.2) is 4.39 Å². The van der Waals surface area contributed by atoms with Crippen LogP contribution in [0.5, 0.6) is 5.75 Å². The lowest BCUT2D eigenvalue weighted by molar-refractivity contribution is 0.436. The van der Waals surface area contributed by atoms with Crippen LogP contribution >= 0.6 is 0 Å². The summed E-state index contributed by atoms with van der Waals surface area (Å²) in [6, 6.07) is 17.2. The van der Waals surface area contributed by atoms with Gasteiger partial charge in [-0.05, 0) is 40.6 Å². The van der Waals surface area contributed by atoms with Gasteiger partial charge in [0.15, 0.2) is 11.6 Å². The fraction of sp³-hybridized carbons (Fsp3) is 0.158. The molecule has 1 nitrogen and oxygen atoms in total. The molecule has 0 aliphatic rings. The van der Waals surface area contributed by atoms with E-state index in [1.165, 1.54) is 11.6 Å². The molecule has 0 aliphatic heterocycles. The largest absolute Gasteiger partial charge is 0.505 e. The van der Waals surface area contributed by atoms with Crippen LogP contribution in [0.2, 0.25) is 0 Å². The summed E-state index contributed by atoms with van der Waals surface area (Å²) in [5.41, 5.74) is 3.50. The number of rotatable bonds is 3. The van der Waals surface area contributed by atoms with Crippen molar-refractivity contribution >= 4 is 10.8 Å². The number of phenols is 1. The van der Waals surface area contributed by atoms with Crippen LogP contribution in [0.4, 0.5) is 4.39 Å². The smallest absolute Gasteiger partial charge is 0.172 e. The van der Waals surface area contributed by atoms with E-state index in [0.717, 1.165) is 29.4 Å². The third-order valence-electron chi connectivity index (χ3n) is 3.76. The Hall–Kier alpha value is -2.35. The summed E-state index contributed by atoms with van der Waals surface area (Å²) in [7, 11) is 0. The van der Waals surface area contributed by atoms with Crippen molar-refractivity contribution in [2.75, 3.05) is 0 Å². The standard InChI is InChI=1S/C19H17FO/c1-2-3-13-4-6-14(7-5-13)15-8-10-17-16(12-15)9-11-18(21)19(17)20/h4-12,21H,2-3H2,1H3. The summed E-state index contributed by atoms with van der Waals surface area (Å²) in [4.78, 5) is 0. The molecule has 0 atom stereocenters. The Morgan fingerprint density at radius 3 is 2.33 bits per heavy atom. The van der Waals surface area contributed by atoms with Crippen molar-refractivity contribution in [3.05, 3.63) is 66.0 Å². The van der Waals surface area contributed by atoms with Crippen molar-refractivity contribution < 1.29 is 9.50 Å².